The molecule has 0 spiro atoms. The van der Waals surface area contributed by atoms with E-state index in [-0.39, 0.29) is 24.7 Å². The number of amides is 1. The Morgan fingerprint density at radius 2 is 2.37 bits per heavy atom. The highest BCUT2D eigenvalue weighted by Gasteiger charge is 2.30. The number of halogens is 2. The van der Waals surface area contributed by atoms with Crippen LogP contribution in [0.1, 0.15) is 17.3 Å². The SMILES string of the molecule is C[C@H]1CO[C@@H](CO)CN1C(=O)c1ccc(Cl)cc1Br. The zero-order valence-electron chi connectivity index (χ0n) is 10.5. The molecule has 1 heterocycles. The first-order valence-corrected chi connectivity index (χ1v) is 7.18. The Morgan fingerprint density at radius 1 is 1.63 bits per heavy atom. The monoisotopic (exact) mass is 347 g/mol. The molecular formula is C13H15BrClNO3. The van der Waals surface area contributed by atoms with Gasteiger partial charge < -0.3 is 14.7 Å². The fraction of sp³-hybridized carbons (Fsp3) is 0.462. The van der Waals surface area contributed by atoms with E-state index >= 15 is 0 Å². The van der Waals surface area contributed by atoms with E-state index in [2.05, 4.69) is 15.9 Å². The number of hydrogen-bond acceptors (Lipinski definition) is 3. The average Bonchev–Trinajstić information content (AvgIpc) is 2.38. The van der Waals surface area contributed by atoms with Gasteiger partial charge in [0.25, 0.3) is 5.91 Å². The molecule has 1 aromatic rings. The van der Waals surface area contributed by atoms with Gasteiger partial charge in [0.15, 0.2) is 0 Å². The van der Waals surface area contributed by atoms with Crippen LogP contribution >= 0.6 is 27.5 Å². The van der Waals surface area contributed by atoms with Gasteiger partial charge in [0.2, 0.25) is 0 Å². The lowest BCUT2D eigenvalue weighted by Gasteiger charge is -2.37. The van der Waals surface area contributed by atoms with Crippen molar-refractivity contribution in [2.24, 2.45) is 0 Å². The molecule has 1 aliphatic heterocycles. The van der Waals surface area contributed by atoms with Gasteiger partial charge in [-0.1, -0.05) is 11.6 Å². The van der Waals surface area contributed by atoms with E-state index in [1.807, 2.05) is 6.92 Å². The standard InChI is InChI=1S/C13H15BrClNO3/c1-8-7-19-10(6-17)5-16(8)13(18)11-3-2-9(15)4-12(11)14/h2-4,8,10,17H,5-7H2,1H3/t8-,10+/m0/s1. The Kier molecular flexibility index (Phi) is 4.84. The number of carbonyl (C=O) groups excluding carboxylic acids is 1. The quantitative estimate of drug-likeness (QED) is 0.892. The van der Waals surface area contributed by atoms with Gasteiger partial charge in [0.1, 0.15) is 0 Å². The third-order valence-electron chi connectivity index (χ3n) is 3.13. The molecule has 0 aromatic heterocycles. The highest BCUT2D eigenvalue weighted by atomic mass is 79.9. The third-order valence-corrected chi connectivity index (χ3v) is 4.02. The average molecular weight is 349 g/mol. The summed E-state index contributed by atoms with van der Waals surface area (Å²) in [6.45, 7) is 2.67. The number of hydrogen-bond donors (Lipinski definition) is 1. The fourth-order valence-corrected chi connectivity index (χ4v) is 2.88. The van der Waals surface area contributed by atoms with Crippen LogP contribution in [0.5, 0.6) is 0 Å². The first-order valence-electron chi connectivity index (χ1n) is 6.01. The number of rotatable bonds is 2. The first kappa shape index (κ1) is 14.8. The van der Waals surface area contributed by atoms with E-state index in [0.29, 0.717) is 28.2 Å². The summed E-state index contributed by atoms with van der Waals surface area (Å²) in [6, 6.07) is 5.07. The van der Waals surface area contributed by atoms with Crippen LogP contribution in [-0.4, -0.2) is 47.8 Å². The topological polar surface area (TPSA) is 49.8 Å². The van der Waals surface area contributed by atoms with Crippen molar-refractivity contribution in [1.29, 1.82) is 0 Å². The molecular weight excluding hydrogens is 334 g/mol. The van der Waals surface area contributed by atoms with Crippen LogP contribution in [0.2, 0.25) is 5.02 Å². The number of nitrogens with zero attached hydrogens (tertiary/aromatic N) is 1. The van der Waals surface area contributed by atoms with Gasteiger partial charge in [-0.3, -0.25) is 4.79 Å². The number of morpholine rings is 1. The van der Waals surface area contributed by atoms with Crippen molar-refractivity contribution in [1.82, 2.24) is 4.90 Å². The fourth-order valence-electron chi connectivity index (χ4n) is 2.03. The van der Waals surface area contributed by atoms with E-state index in [1.54, 1.807) is 23.1 Å². The molecule has 0 saturated carbocycles. The predicted octanol–water partition coefficient (Wildman–Crippen LogP) is 2.32. The Labute approximate surface area is 125 Å². The van der Waals surface area contributed by atoms with Crippen LogP contribution in [0.25, 0.3) is 0 Å². The zero-order valence-corrected chi connectivity index (χ0v) is 12.8. The molecule has 104 valence electrons. The highest BCUT2D eigenvalue weighted by Crippen LogP contribution is 2.24. The van der Waals surface area contributed by atoms with Gasteiger partial charge in [-0.2, -0.15) is 0 Å². The number of carbonyl (C=O) groups is 1. The second-order valence-electron chi connectivity index (χ2n) is 4.57. The van der Waals surface area contributed by atoms with Crippen LogP contribution in [0.3, 0.4) is 0 Å². The molecule has 1 saturated heterocycles. The number of ether oxygens (including phenoxy) is 1. The molecule has 1 amide bonds. The van der Waals surface area contributed by atoms with E-state index in [9.17, 15) is 4.79 Å². The Balaban J connectivity index is 2.22. The largest absolute Gasteiger partial charge is 0.394 e. The lowest BCUT2D eigenvalue weighted by atomic mass is 10.1. The molecule has 19 heavy (non-hydrogen) atoms. The van der Waals surface area contributed by atoms with Gasteiger partial charge in [0.05, 0.1) is 30.9 Å². The lowest BCUT2D eigenvalue weighted by molar-refractivity contribution is -0.0667. The Bertz CT molecular complexity index is 483. The number of aliphatic hydroxyl groups excluding tert-OH is 1. The summed E-state index contributed by atoms with van der Waals surface area (Å²) in [5.41, 5.74) is 0.565. The van der Waals surface area contributed by atoms with Gasteiger partial charge in [0, 0.05) is 16.0 Å². The number of aliphatic hydroxyl groups is 1. The summed E-state index contributed by atoms with van der Waals surface area (Å²) < 4.78 is 6.10. The maximum absolute atomic E-state index is 12.5. The maximum atomic E-state index is 12.5. The van der Waals surface area contributed by atoms with Gasteiger partial charge in [-0.25, -0.2) is 0 Å². The lowest BCUT2D eigenvalue weighted by Crippen LogP contribution is -2.52. The number of benzene rings is 1. The van der Waals surface area contributed by atoms with E-state index < -0.39 is 0 Å². The second kappa shape index (κ2) is 6.22. The minimum absolute atomic E-state index is 0.0159. The highest BCUT2D eigenvalue weighted by molar-refractivity contribution is 9.10. The van der Waals surface area contributed by atoms with Crippen molar-refractivity contribution >= 4 is 33.4 Å². The molecule has 0 bridgehead atoms. The molecule has 1 N–H and O–H groups in total. The van der Waals surface area contributed by atoms with E-state index in [1.165, 1.54) is 0 Å². The maximum Gasteiger partial charge on any atom is 0.255 e. The molecule has 0 unspecified atom stereocenters. The summed E-state index contributed by atoms with van der Waals surface area (Å²) in [7, 11) is 0. The minimum atomic E-state index is -0.314. The normalized spacial score (nSPS) is 23.5. The van der Waals surface area contributed by atoms with Crippen LogP contribution in [0.15, 0.2) is 22.7 Å². The summed E-state index contributed by atoms with van der Waals surface area (Å²) >= 11 is 9.23. The zero-order chi connectivity index (χ0) is 14.0. The molecule has 1 fully saturated rings. The third kappa shape index (κ3) is 3.28. The Morgan fingerprint density at radius 3 is 3.00 bits per heavy atom. The van der Waals surface area contributed by atoms with E-state index in [0.717, 1.165) is 0 Å². The smallest absolute Gasteiger partial charge is 0.255 e. The summed E-state index contributed by atoms with van der Waals surface area (Å²) in [5.74, 6) is -0.0854. The molecule has 1 aromatic carbocycles. The molecule has 4 nitrogen and oxygen atoms in total. The summed E-state index contributed by atoms with van der Waals surface area (Å²) in [5, 5.41) is 9.72. The van der Waals surface area contributed by atoms with Crippen LogP contribution in [0.4, 0.5) is 0 Å². The van der Waals surface area contributed by atoms with Crippen molar-refractivity contribution in [3.05, 3.63) is 33.3 Å². The van der Waals surface area contributed by atoms with Crippen molar-refractivity contribution in [3.8, 4) is 0 Å². The molecule has 6 heteroatoms. The van der Waals surface area contributed by atoms with Crippen molar-refractivity contribution in [2.75, 3.05) is 19.8 Å². The molecule has 1 aliphatic rings. The predicted molar refractivity (Wildman–Crippen MR) is 76.5 cm³/mol. The van der Waals surface area contributed by atoms with Crippen molar-refractivity contribution < 1.29 is 14.6 Å². The first-order chi connectivity index (χ1) is 9.02. The molecule has 2 atom stereocenters. The summed E-state index contributed by atoms with van der Waals surface area (Å²) in [4.78, 5) is 14.2. The van der Waals surface area contributed by atoms with Gasteiger partial charge in [-0.15, -0.1) is 0 Å². The van der Waals surface area contributed by atoms with Crippen LogP contribution < -0.4 is 0 Å². The summed E-state index contributed by atoms with van der Waals surface area (Å²) in [6.07, 6.45) is -0.314. The molecule has 0 radical (unpaired) electrons. The van der Waals surface area contributed by atoms with Crippen molar-refractivity contribution in [2.45, 2.75) is 19.1 Å². The minimum Gasteiger partial charge on any atom is -0.394 e. The molecule has 0 aliphatic carbocycles. The van der Waals surface area contributed by atoms with E-state index in [4.69, 9.17) is 21.4 Å². The van der Waals surface area contributed by atoms with Crippen LogP contribution in [0, 0.1) is 0 Å². The molecule has 2 rings (SSSR count). The Hall–Kier alpha value is -0.620. The van der Waals surface area contributed by atoms with Gasteiger partial charge in [-0.05, 0) is 41.1 Å². The second-order valence-corrected chi connectivity index (χ2v) is 5.86. The van der Waals surface area contributed by atoms with Crippen LogP contribution in [-0.2, 0) is 4.74 Å². The van der Waals surface area contributed by atoms with Gasteiger partial charge >= 0.3 is 0 Å². The van der Waals surface area contributed by atoms with Crippen molar-refractivity contribution in [3.63, 3.8) is 0 Å².